The van der Waals surface area contributed by atoms with E-state index in [1.165, 1.54) is 12.1 Å². The Morgan fingerprint density at radius 2 is 1.96 bits per heavy atom. The summed E-state index contributed by atoms with van der Waals surface area (Å²) in [6, 6.07) is 12.4. The van der Waals surface area contributed by atoms with Crippen molar-refractivity contribution < 1.29 is 13.9 Å². The Balaban J connectivity index is 1.75. The van der Waals surface area contributed by atoms with Gasteiger partial charge in [-0.05, 0) is 55.2 Å². The third-order valence-corrected chi connectivity index (χ3v) is 3.91. The number of cyclic esters (lactones) is 1. The molecule has 122 valence electrons. The van der Waals surface area contributed by atoms with Crippen LogP contribution in [-0.2, 0) is 16.0 Å². The number of rotatable bonds is 4. The van der Waals surface area contributed by atoms with Crippen LogP contribution in [0.1, 0.15) is 28.7 Å². The number of halogens is 1. The van der Waals surface area contributed by atoms with E-state index in [0.29, 0.717) is 24.4 Å². The van der Waals surface area contributed by atoms with Crippen LogP contribution < -0.4 is 0 Å². The number of carbonyl (C=O) groups is 1. The summed E-state index contributed by atoms with van der Waals surface area (Å²) in [6.07, 6.45) is 2.78. The average Bonchev–Trinajstić information content (AvgIpc) is 2.89. The third kappa shape index (κ3) is 3.77. The summed E-state index contributed by atoms with van der Waals surface area (Å²) >= 11 is 0. The zero-order chi connectivity index (χ0) is 17.1. The lowest BCUT2D eigenvalue weighted by Gasteiger charge is -2.01. The lowest BCUT2D eigenvalue weighted by molar-refractivity contribution is -0.130. The molecule has 2 aromatic rings. The molecule has 24 heavy (non-hydrogen) atoms. The maximum absolute atomic E-state index is 13.2. The lowest BCUT2D eigenvalue weighted by Crippen LogP contribution is -2.05. The topological polar surface area (TPSA) is 38.7 Å². The maximum atomic E-state index is 13.2. The number of hydrogen-bond acceptors (Lipinski definition) is 3. The molecule has 0 amide bonds. The van der Waals surface area contributed by atoms with E-state index in [0.717, 1.165) is 22.3 Å². The van der Waals surface area contributed by atoms with E-state index >= 15 is 0 Å². The summed E-state index contributed by atoms with van der Waals surface area (Å²) in [5.41, 5.74) is 4.30. The highest BCUT2D eigenvalue weighted by atomic mass is 19.1. The molecule has 3 rings (SSSR count). The fourth-order valence-electron chi connectivity index (χ4n) is 2.57. The van der Waals surface area contributed by atoms with Crippen molar-refractivity contribution >= 4 is 17.9 Å². The number of aliphatic imine (C=N–C) groups is 1. The van der Waals surface area contributed by atoms with Gasteiger partial charge in [-0.1, -0.05) is 35.9 Å². The smallest absolute Gasteiger partial charge is 0.363 e. The number of nitrogens with zero attached hydrogens (tertiary/aromatic N) is 1. The maximum Gasteiger partial charge on any atom is 0.363 e. The normalized spacial score (nSPS) is 15.5. The van der Waals surface area contributed by atoms with Crippen molar-refractivity contribution in [1.82, 2.24) is 0 Å². The van der Waals surface area contributed by atoms with E-state index in [-0.39, 0.29) is 5.82 Å². The standard InChI is InChI=1S/C20H18FNO2/c1-13-6-7-14(2)16(10-13)12-18-20(23)24-19(22-18)9-8-15-4-3-5-17(21)11-15/h3-7,10-12H,8-9H2,1-2H3/b18-12+. The highest BCUT2D eigenvalue weighted by Crippen LogP contribution is 2.20. The van der Waals surface area contributed by atoms with Crippen LogP contribution in [0, 0.1) is 19.7 Å². The number of ether oxygens (including phenoxy) is 1. The van der Waals surface area contributed by atoms with Gasteiger partial charge in [-0.2, -0.15) is 0 Å². The van der Waals surface area contributed by atoms with Gasteiger partial charge in [0.15, 0.2) is 11.6 Å². The van der Waals surface area contributed by atoms with Crippen molar-refractivity contribution in [3.05, 3.63) is 76.2 Å². The van der Waals surface area contributed by atoms with Crippen molar-refractivity contribution in [2.45, 2.75) is 26.7 Å². The van der Waals surface area contributed by atoms with Crippen LogP contribution >= 0.6 is 0 Å². The third-order valence-electron chi connectivity index (χ3n) is 3.91. The van der Waals surface area contributed by atoms with Crippen LogP contribution in [0.25, 0.3) is 6.08 Å². The minimum absolute atomic E-state index is 0.270. The Labute approximate surface area is 140 Å². The predicted molar refractivity (Wildman–Crippen MR) is 92.1 cm³/mol. The molecule has 0 fully saturated rings. The molecule has 0 N–H and O–H groups in total. The van der Waals surface area contributed by atoms with Crippen LogP contribution in [0.2, 0.25) is 0 Å². The minimum Gasteiger partial charge on any atom is -0.407 e. The highest BCUT2D eigenvalue weighted by molar-refractivity contribution is 6.07. The van der Waals surface area contributed by atoms with Gasteiger partial charge in [0.2, 0.25) is 0 Å². The van der Waals surface area contributed by atoms with Gasteiger partial charge < -0.3 is 4.74 Å². The second kappa shape index (κ2) is 6.79. The number of aryl methyl sites for hydroxylation is 3. The van der Waals surface area contributed by atoms with Gasteiger partial charge in [-0.15, -0.1) is 0 Å². The molecular formula is C20H18FNO2. The molecule has 0 spiro atoms. The van der Waals surface area contributed by atoms with Crippen molar-refractivity contribution in [2.24, 2.45) is 4.99 Å². The Morgan fingerprint density at radius 3 is 2.75 bits per heavy atom. The van der Waals surface area contributed by atoms with Crippen molar-refractivity contribution in [3.63, 3.8) is 0 Å². The van der Waals surface area contributed by atoms with Crippen LogP contribution in [0.3, 0.4) is 0 Å². The fourth-order valence-corrected chi connectivity index (χ4v) is 2.57. The Hall–Kier alpha value is -2.75. The molecule has 1 heterocycles. The monoisotopic (exact) mass is 323 g/mol. The van der Waals surface area contributed by atoms with E-state index in [1.54, 1.807) is 12.1 Å². The van der Waals surface area contributed by atoms with E-state index in [1.807, 2.05) is 38.1 Å². The first kappa shape index (κ1) is 16.1. The van der Waals surface area contributed by atoms with Gasteiger partial charge in [0.05, 0.1) is 0 Å². The molecule has 4 heteroatoms. The van der Waals surface area contributed by atoms with Gasteiger partial charge in [0, 0.05) is 6.42 Å². The molecule has 0 aliphatic carbocycles. The van der Waals surface area contributed by atoms with Gasteiger partial charge in [0.25, 0.3) is 0 Å². The highest BCUT2D eigenvalue weighted by Gasteiger charge is 2.22. The van der Waals surface area contributed by atoms with Crippen molar-refractivity contribution in [2.75, 3.05) is 0 Å². The molecule has 0 bridgehead atoms. The Morgan fingerprint density at radius 1 is 1.12 bits per heavy atom. The molecule has 3 nitrogen and oxygen atoms in total. The van der Waals surface area contributed by atoms with Crippen LogP contribution in [0.4, 0.5) is 4.39 Å². The summed E-state index contributed by atoms with van der Waals surface area (Å²) in [4.78, 5) is 16.3. The van der Waals surface area contributed by atoms with E-state index in [2.05, 4.69) is 4.99 Å². The summed E-state index contributed by atoms with van der Waals surface area (Å²) in [7, 11) is 0. The first-order chi connectivity index (χ1) is 11.5. The van der Waals surface area contributed by atoms with Gasteiger partial charge in [-0.25, -0.2) is 14.2 Å². The van der Waals surface area contributed by atoms with E-state index in [9.17, 15) is 9.18 Å². The van der Waals surface area contributed by atoms with Crippen LogP contribution in [-0.4, -0.2) is 11.9 Å². The number of benzene rings is 2. The van der Waals surface area contributed by atoms with E-state index in [4.69, 9.17) is 4.74 Å². The summed E-state index contributed by atoms with van der Waals surface area (Å²) in [5, 5.41) is 0. The Kier molecular flexibility index (Phi) is 4.56. The molecule has 0 saturated heterocycles. The largest absolute Gasteiger partial charge is 0.407 e. The molecule has 2 aromatic carbocycles. The van der Waals surface area contributed by atoms with Crippen molar-refractivity contribution in [1.29, 1.82) is 0 Å². The number of hydrogen-bond donors (Lipinski definition) is 0. The first-order valence-corrected chi connectivity index (χ1v) is 7.84. The fraction of sp³-hybridized carbons (Fsp3) is 0.200. The molecule has 0 aromatic heterocycles. The molecule has 0 saturated carbocycles. The Bertz CT molecular complexity index is 852. The lowest BCUT2D eigenvalue weighted by atomic mass is 10.0. The molecule has 1 aliphatic heterocycles. The first-order valence-electron chi connectivity index (χ1n) is 7.84. The average molecular weight is 323 g/mol. The molecule has 0 unspecified atom stereocenters. The van der Waals surface area contributed by atoms with Gasteiger partial charge in [-0.3, -0.25) is 0 Å². The minimum atomic E-state index is -0.440. The van der Waals surface area contributed by atoms with Crippen LogP contribution in [0.15, 0.2) is 53.2 Å². The van der Waals surface area contributed by atoms with Crippen LogP contribution in [0.5, 0.6) is 0 Å². The van der Waals surface area contributed by atoms with Gasteiger partial charge >= 0.3 is 5.97 Å². The second-order valence-electron chi connectivity index (χ2n) is 5.91. The predicted octanol–water partition coefficient (Wildman–Crippen LogP) is 4.37. The zero-order valence-corrected chi connectivity index (χ0v) is 13.7. The summed E-state index contributed by atoms with van der Waals surface area (Å²) in [5.74, 6) is -0.334. The molecule has 1 aliphatic rings. The van der Waals surface area contributed by atoms with Crippen molar-refractivity contribution in [3.8, 4) is 0 Å². The number of esters is 1. The quantitative estimate of drug-likeness (QED) is 0.619. The molecule has 0 radical (unpaired) electrons. The zero-order valence-electron chi connectivity index (χ0n) is 13.7. The van der Waals surface area contributed by atoms with Gasteiger partial charge in [0.1, 0.15) is 5.82 Å². The summed E-state index contributed by atoms with van der Waals surface area (Å²) in [6.45, 7) is 3.99. The molecular weight excluding hydrogens is 305 g/mol. The SMILES string of the molecule is Cc1ccc(C)c(/C=C2/N=C(CCc3cccc(F)c3)OC2=O)c1. The second-order valence-corrected chi connectivity index (χ2v) is 5.91. The van der Waals surface area contributed by atoms with E-state index < -0.39 is 5.97 Å². The molecule has 0 atom stereocenters. The summed E-state index contributed by atoms with van der Waals surface area (Å²) < 4.78 is 18.4. The number of carbonyl (C=O) groups excluding carboxylic acids is 1.